The van der Waals surface area contributed by atoms with E-state index in [9.17, 15) is 0 Å². The molecule has 0 bridgehead atoms. The first-order chi connectivity index (χ1) is 24.6. The van der Waals surface area contributed by atoms with Crippen LogP contribution >= 0.6 is 0 Å². The minimum absolute atomic E-state index is 0.111. The number of hydrogen-bond acceptors (Lipinski definition) is 1. The van der Waals surface area contributed by atoms with Crippen LogP contribution in [0.25, 0.3) is 55.3 Å². The van der Waals surface area contributed by atoms with Gasteiger partial charge in [-0.2, -0.15) is 0 Å². The minimum atomic E-state index is -0.111. The molecular weight excluding hydrogens is 603 g/mol. The van der Waals surface area contributed by atoms with E-state index in [1.165, 1.54) is 66.4 Å². The molecule has 8 aromatic carbocycles. The Morgan fingerprint density at radius 2 is 0.920 bits per heavy atom. The zero-order chi connectivity index (χ0) is 33.7. The zero-order valence-electron chi connectivity index (χ0n) is 28.3. The van der Waals surface area contributed by atoms with Crippen molar-refractivity contribution in [3.05, 3.63) is 199 Å². The molecule has 50 heavy (non-hydrogen) atoms. The Morgan fingerprint density at radius 1 is 0.360 bits per heavy atom. The smallest absolute Gasteiger partial charge is 0.0540 e. The third-order valence-electron chi connectivity index (χ3n) is 10.5. The van der Waals surface area contributed by atoms with E-state index in [-0.39, 0.29) is 5.41 Å². The van der Waals surface area contributed by atoms with E-state index in [4.69, 9.17) is 0 Å². The Labute approximate surface area is 294 Å². The standard InChI is InChI=1S/C49H37N/c1-49(2)45-31-29-39(33-44(45)48-41(23-14-24-46(48)49)37-19-10-5-11-20-37)50(38-27-25-35(26-28-38)34-15-6-3-7-16-34)47-32-30-40(36-17-8-4-9-18-36)42-21-12-13-22-43(42)47/h3-33H,1-2H3. The summed E-state index contributed by atoms with van der Waals surface area (Å²) < 4.78 is 0. The van der Waals surface area contributed by atoms with Crippen molar-refractivity contribution in [3.8, 4) is 44.5 Å². The van der Waals surface area contributed by atoms with Gasteiger partial charge in [0.1, 0.15) is 0 Å². The third-order valence-corrected chi connectivity index (χ3v) is 10.5. The van der Waals surface area contributed by atoms with Crippen LogP contribution in [0.3, 0.4) is 0 Å². The Hall–Kier alpha value is -6.18. The Morgan fingerprint density at radius 3 is 1.60 bits per heavy atom. The second-order valence-corrected chi connectivity index (χ2v) is 13.7. The molecule has 8 aromatic rings. The number of anilines is 3. The van der Waals surface area contributed by atoms with Gasteiger partial charge in [0.15, 0.2) is 0 Å². The summed E-state index contributed by atoms with van der Waals surface area (Å²) in [5, 5.41) is 2.45. The molecule has 1 nitrogen and oxygen atoms in total. The SMILES string of the molecule is CC1(C)c2ccc(N(c3ccc(-c4ccccc4)cc3)c3ccc(-c4ccccc4)c4ccccc34)cc2-c2c(-c3ccccc3)cccc21. The van der Waals surface area contributed by atoms with E-state index in [1.54, 1.807) is 0 Å². The molecule has 0 atom stereocenters. The number of nitrogens with zero attached hydrogens (tertiary/aromatic N) is 1. The number of rotatable bonds is 6. The van der Waals surface area contributed by atoms with E-state index in [2.05, 4.69) is 207 Å². The Balaban J connectivity index is 1.27. The van der Waals surface area contributed by atoms with Crippen molar-refractivity contribution in [1.29, 1.82) is 0 Å². The molecule has 0 amide bonds. The lowest BCUT2D eigenvalue weighted by atomic mass is 9.82. The number of benzene rings is 8. The Bertz CT molecular complexity index is 2480. The van der Waals surface area contributed by atoms with Gasteiger partial charge in [0.25, 0.3) is 0 Å². The van der Waals surface area contributed by atoms with Crippen LogP contribution in [0.5, 0.6) is 0 Å². The molecule has 0 saturated carbocycles. The van der Waals surface area contributed by atoms with Gasteiger partial charge in [-0.3, -0.25) is 0 Å². The van der Waals surface area contributed by atoms with Gasteiger partial charge in [-0.25, -0.2) is 0 Å². The van der Waals surface area contributed by atoms with Crippen LogP contribution in [-0.4, -0.2) is 0 Å². The highest BCUT2D eigenvalue weighted by molar-refractivity contribution is 6.06. The summed E-state index contributed by atoms with van der Waals surface area (Å²) in [5.41, 5.74) is 16.1. The molecule has 0 spiro atoms. The molecule has 0 aliphatic heterocycles. The van der Waals surface area contributed by atoms with E-state index >= 15 is 0 Å². The summed E-state index contributed by atoms with van der Waals surface area (Å²) in [4.78, 5) is 2.45. The predicted molar refractivity (Wildman–Crippen MR) is 213 cm³/mol. The quantitative estimate of drug-likeness (QED) is 0.175. The van der Waals surface area contributed by atoms with Gasteiger partial charge in [-0.15, -0.1) is 0 Å². The fourth-order valence-electron chi connectivity index (χ4n) is 8.00. The van der Waals surface area contributed by atoms with E-state index in [0.717, 1.165) is 17.1 Å². The van der Waals surface area contributed by atoms with Crippen LogP contribution in [0.4, 0.5) is 17.1 Å². The van der Waals surface area contributed by atoms with Crippen LogP contribution < -0.4 is 4.90 Å². The summed E-state index contributed by atoms with van der Waals surface area (Å²) >= 11 is 0. The molecular formula is C49H37N. The highest BCUT2D eigenvalue weighted by Crippen LogP contribution is 2.54. The van der Waals surface area contributed by atoms with Gasteiger partial charge in [-0.05, 0) is 91.4 Å². The predicted octanol–water partition coefficient (Wildman–Crippen LogP) is 13.6. The molecule has 0 fully saturated rings. The maximum absolute atomic E-state index is 2.45. The van der Waals surface area contributed by atoms with E-state index < -0.39 is 0 Å². The second-order valence-electron chi connectivity index (χ2n) is 13.7. The molecule has 1 heteroatoms. The van der Waals surface area contributed by atoms with Gasteiger partial charge in [0, 0.05) is 22.2 Å². The molecule has 0 aromatic heterocycles. The van der Waals surface area contributed by atoms with E-state index in [1.807, 2.05) is 0 Å². The van der Waals surface area contributed by atoms with Gasteiger partial charge in [0.2, 0.25) is 0 Å². The molecule has 1 aliphatic rings. The Kier molecular flexibility index (Phi) is 7.21. The molecule has 0 heterocycles. The molecule has 0 saturated heterocycles. The first-order valence-electron chi connectivity index (χ1n) is 17.4. The van der Waals surface area contributed by atoms with Crippen LogP contribution in [0.2, 0.25) is 0 Å². The maximum atomic E-state index is 2.45. The molecule has 0 N–H and O–H groups in total. The minimum Gasteiger partial charge on any atom is -0.310 e. The van der Waals surface area contributed by atoms with Crippen molar-refractivity contribution in [2.45, 2.75) is 19.3 Å². The van der Waals surface area contributed by atoms with Gasteiger partial charge < -0.3 is 4.90 Å². The largest absolute Gasteiger partial charge is 0.310 e. The van der Waals surface area contributed by atoms with Gasteiger partial charge in [0.05, 0.1) is 5.69 Å². The van der Waals surface area contributed by atoms with Crippen molar-refractivity contribution in [2.24, 2.45) is 0 Å². The van der Waals surface area contributed by atoms with Gasteiger partial charge in [-0.1, -0.05) is 172 Å². The average molecular weight is 640 g/mol. The lowest BCUT2D eigenvalue weighted by molar-refractivity contribution is 0.660. The monoisotopic (exact) mass is 639 g/mol. The van der Waals surface area contributed by atoms with Crippen LogP contribution in [0.1, 0.15) is 25.0 Å². The van der Waals surface area contributed by atoms with Crippen LogP contribution in [0.15, 0.2) is 188 Å². The molecule has 0 radical (unpaired) electrons. The summed E-state index contributed by atoms with van der Waals surface area (Å²) in [6.45, 7) is 4.73. The molecule has 1 aliphatic carbocycles. The van der Waals surface area contributed by atoms with Crippen molar-refractivity contribution in [1.82, 2.24) is 0 Å². The number of hydrogen-bond donors (Lipinski definition) is 0. The first-order valence-corrected chi connectivity index (χ1v) is 17.4. The lowest BCUT2D eigenvalue weighted by Crippen LogP contribution is -2.15. The molecule has 0 unspecified atom stereocenters. The highest BCUT2D eigenvalue weighted by atomic mass is 15.1. The zero-order valence-corrected chi connectivity index (χ0v) is 28.3. The lowest BCUT2D eigenvalue weighted by Gasteiger charge is -2.29. The molecule has 238 valence electrons. The normalized spacial score (nSPS) is 12.8. The molecule has 9 rings (SSSR count). The van der Waals surface area contributed by atoms with Crippen LogP contribution in [0, 0.1) is 0 Å². The van der Waals surface area contributed by atoms with E-state index in [0.29, 0.717) is 0 Å². The van der Waals surface area contributed by atoms with Crippen molar-refractivity contribution < 1.29 is 0 Å². The van der Waals surface area contributed by atoms with Crippen molar-refractivity contribution in [2.75, 3.05) is 4.90 Å². The second kappa shape index (κ2) is 12.1. The van der Waals surface area contributed by atoms with Crippen molar-refractivity contribution >= 4 is 27.8 Å². The van der Waals surface area contributed by atoms with Crippen LogP contribution in [-0.2, 0) is 5.41 Å². The first kappa shape index (κ1) is 29.9. The summed E-state index contributed by atoms with van der Waals surface area (Å²) in [6, 6.07) is 68.5. The number of fused-ring (bicyclic) bond motifs is 4. The summed E-state index contributed by atoms with van der Waals surface area (Å²) in [6.07, 6.45) is 0. The highest BCUT2D eigenvalue weighted by Gasteiger charge is 2.37. The fourth-order valence-corrected chi connectivity index (χ4v) is 8.00. The third kappa shape index (κ3) is 4.94. The summed E-state index contributed by atoms with van der Waals surface area (Å²) in [7, 11) is 0. The van der Waals surface area contributed by atoms with Crippen molar-refractivity contribution in [3.63, 3.8) is 0 Å². The summed E-state index contributed by atoms with van der Waals surface area (Å²) in [5.74, 6) is 0. The topological polar surface area (TPSA) is 3.24 Å². The van der Waals surface area contributed by atoms with Gasteiger partial charge >= 0.3 is 0 Å². The maximum Gasteiger partial charge on any atom is 0.0540 e. The average Bonchev–Trinajstić information content (AvgIpc) is 3.42. The fraction of sp³-hybridized carbons (Fsp3) is 0.0612.